The lowest BCUT2D eigenvalue weighted by molar-refractivity contribution is -0.120. The zero-order valence-corrected chi connectivity index (χ0v) is 19.1. The van der Waals surface area contributed by atoms with Gasteiger partial charge < -0.3 is 0 Å². The van der Waals surface area contributed by atoms with Crippen LogP contribution in [-0.4, -0.2) is 21.4 Å². The van der Waals surface area contributed by atoms with Crippen molar-refractivity contribution in [2.75, 3.05) is 5.01 Å². The molecular weight excluding hydrogens is 450 g/mol. The molecule has 1 aliphatic rings. The zero-order valence-electron chi connectivity index (χ0n) is 19.1. The van der Waals surface area contributed by atoms with E-state index in [-0.39, 0.29) is 11.5 Å². The maximum absolute atomic E-state index is 13.7. The largest absolute Gasteiger partial charge is 0.295 e. The van der Waals surface area contributed by atoms with Crippen LogP contribution in [0.25, 0.3) is 5.69 Å². The summed E-state index contributed by atoms with van der Waals surface area (Å²) in [4.78, 5) is 27.4. The Bertz CT molecular complexity index is 1470. The van der Waals surface area contributed by atoms with E-state index in [4.69, 9.17) is 0 Å². The standard InChI is InChI=1S/C27H22F2N4O2/c1-16-23(26(34)32(30-16)21-12-8-19(28)9-13-21)25(18-6-4-3-5-7-18)24-17(2)31-33(27(24)35)22-14-10-20(29)11-15-22/h3-15,23,25,31H,1-2H3. The zero-order chi connectivity index (χ0) is 24.7. The average molecular weight is 472 g/mol. The molecule has 3 aromatic carbocycles. The molecule has 0 bridgehead atoms. The van der Waals surface area contributed by atoms with Crippen molar-refractivity contribution < 1.29 is 13.6 Å². The number of H-pyrrole nitrogens is 1. The third kappa shape index (κ3) is 3.97. The van der Waals surface area contributed by atoms with Crippen LogP contribution in [0.15, 0.2) is 88.8 Å². The van der Waals surface area contributed by atoms with Crippen molar-refractivity contribution in [3.63, 3.8) is 0 Å². The first-order chi connectivity index (χ1) is 16.8. The van der Waals surface area contributed by atoms with Gasteiger partial charge in [-0.2, -0.15) is 5.10 Å². The maximum Gasteiger partial charge on any atom is 0.275 e. The molecule has 0 fully saturated rings. The summed E-state index contributed by atoms with van der Waals surface area (Å²) in [6, 6.07) is 20.4. The number of nitrogens with one attached hydrogen (secondary N) is 1. The molecule has 2 heterocycles. The molecule has 1 aliphatic heterocycles. The third-order valence-corrected chi connectivity index (χ3v) is 6.26. The fraction of sp³-hybridized carbons (Fsp3) is 0.148. The number of amides is 1. The third-order valence-electron chi connectivity index (χ3n) is 6.26. The Balaban J connectivity index is 1.63. The number of anilines is 1. The van der Waals surface area contributed by atoms with Gasteiger partial charge in [0.25, 0.3) is 11.5 Å². The molecule has 0 aliphatic carbocycles. The summed E-state index contributed by atoms with van der Waals surface area (Å²) in [7, 11) is 0. The monoisotopic (exact) mass is 472 g/mol. The highest BCUT2D eigenvalue weighted by atomic mass is 19.1. The molecule has 1 aromatic heterocycles. The number of aryl methyl sites for hydroxylation is 1. The minimum Gasteiger partial charge on any atom is -0.295 e. The highest BCUT2D eigenvalue weighted by Gasteiger charge is 2.43. The molecule has 0 spiro atoms. The van der Waals surface area contributed by atoms with Gasteiger partial charge in [0, 0.05) is 22.9 Å². The highest BCUT2D eigenvalue weighted by molar-refractivity contribution is 6.15. The van der Waals surface area contributed by atoms with E-state index in [1.165, 1.54) is 58.2 Å². The second-order valence-corrected chi connectivity index (χ2v) is 8.50. The number of hydrogen-bond acceptors (Lipinski definition) is 3. The van der Waals surface area contributed by atoms with Gasteiger partial charge in [0.1, 0.15) is 11.6 Å². The van der Waals surface area contributed by atoms with Crippen molar-refractivity contribution in [1.82, 2.24) is 9.78 Å². The molecule has 0 saturated carbocycles. The van der Waals surface area contributed by atoms with E-state index in [0.717, 1.165) is 5.56 Å². The minimum absolute atomic E-state index is 0.309. The van der Waals surface area contributed by atoms with Crippen LogP contribution in [0, 0.1) is 24.5 Å². The molecule has 5 rings (SSSR count). The molecule has 2 unspecified atom stereocenters. The molecule has 2 atom stereocenters. The van der Waals surface area contributed by atoms with Crippen LogP contribution in [-0.2, 0) is 4.79 Å². The van der Waals surface area contributed by atoms with Crippen LogP contribution in [0.2, 0.25) is 0 Å². The number of hydrazone groups is 1. The van der Waals surface area contributed by atoms with Crippen molar-refractivity contribution in [2.24, 2.45) is 11.0 Å². The van der Waals surface area contributed by atoms with E-state index in [1.54, 1.807) is 13.8 Å². The van der Waals surface area contributed by atoms with Crippen molar-refractivity contribution >= 4 is 17.3 Å². The molecule has 4 aromatic rings. The molecule has 1 amide bonds. The van der Waals surface area contributed by atoms with Gasteiger partial charge in [0.15, 0.2) is 0 Å². The first kappa shape index (κ1) is 22.5. The van der Waals surface area contributed by atoms with Gasteiger partial charge in [-0.25, -0.2) is 18.5 Å². The van der Waals surface area contributed by atoms with Crippen LogP contribution in [0.1, 0.15) is 29.7 Å². The van der Waals surface area contributed by atoms with Crippen LogP contribution < -0.4 is 10.6 Å². The Labute approximate surface area is 200 Å². The van der Waals surface area contributed by atoms with Gasteiger partial charge in [-0.05, 0) is 67.9 Å². The highest BCUT2D eigenvalue weighted by Crippen LogP contribution is 2.38. The predicted octanol–water partition coefficient (Wildman–Crippen LogP) is 4.92. The van der Waals surface area contributed by atoms with Crippen molar-refractivity contribution in [3.05, 3.63) is 118 Å². The number of rotatable bonds is 5. The Hall–Kier alpha value is -4.33. The number of halogens is 2. The molecular formula is C27H22F2N4O2. The minimum atomic E-state index is -0.744. The first-order valence-electron chi connectivity index (χ1n) is 11.1. The Morgan fingerprint density at radius 3 is 2.00 bits per heavy atom. The van der Waals surface area contributed by atoms with E-state index in [1.807, 2.05) is 30.3 Å². The molecule has 6 nitrogen and oxygen atoms in total. The fourth-order valence-electron chi connectivity index (χ4n) is 4.61. The van der Waals surface area contributed by atoms with Gasteiger partial charge >= 0.3 is 0 Å². The van der Waals surface area contributed by atoms with Crippen molar-refractivity contribution in [1.29, 1.82) is 0 Å². The van der Waals surface area contributed by atoms with Gasteiger partial charge in [0.2, 0.25) is 0 Å². The van der Waals surface area contributed by atoms with Gasteiger partial charge in [0.05, 0.1) is 17.3 Å². The SMILES string of the molecule is CC1=NN(c2ccc(F)cc2)C(=O)C1C(c1ccccc1)c1c(C)[nH]n(-c2ccc(F)cc2)c1=O. The molecule has 35 heavy (non-hydrogen) atoms. The number of carbonyl (C=O) groups is 1. The van der Waals surface area contributed by atoms with Crippen LogP contribution >= 0.6 is 0 Å². The number of aromatic amines is 1. The lowest BCUT2D eigenvalue weighted by Crippen LogP contribution is -2.34. The molecule has 1 N–H and O–H groups in total. The fourth-order valence-corrected chi connectivity index (χ4v) is 4.61. The van der Waals surface area contributed by atoms with Gasteiger partial charge in [-0.1, -0.05) is 30.3 Å². The van der Waals surface area contributed by atoms with Crippen LogP contribution in [0.5, 0.6) is 0 Å². The Morgan fingerprint density at radius 2 is 1.40 bits per heavy atom. The number of aromatic nitrogens is 2. The summed E-state index contributed by atoms with van der Waals surface area (Å²) in [6.45, 7) is 3.53. The van der Waals surface area contributed by atoms with E-state index < -0.39 is 23.5 Å². The number of carbonyl (C=O) groups excluding carboxylic acids is 1. The number of nitrogens with zero attached hydrogens (tertiary/aromatic N) is 3. The second kappa shape index (κ2) is 8.79. The summed E-state index contributed by atoms with van der Waals surface area (Å²) < 4.78 is 28.3. The van der Waals surface area contributed by atoms with E-state index in [9.17, 15) is 18.4 Å². The predicted molar refractivity (Wildman–Crippen MR) is 130 cm³/mol. The summed E-state index contributed by atoms with van der Waals surface area (Å²) in [6.07, 6.45) is 0. The van der Waals surface area contributed by atoms with E-state index in [2.05, 4.69) is 10.2 Å². The smallest absolute Gasteiger partial charge is 0.275 e. The van der Waals surface area contributed by atoms with Crippen molar-refractivity contribution in [2.45, 2.75) is 19.8 Å². The normalized spacial score (nSPS) is 16.5. The molecule has 176 valence electrons. The summed E-state index contributed by atoms with van der Waals surface area (Å²) >= 11 is 0. The maximum atomic E-state index is 13.7. The lowest BCUT2D eigenvalue weighted by atomic mass is 9.78. The lowest BCUT2D eigenvalue weighted by Gasteiger charge is -2.23. The van der Waals surface area contributed by atoms with E-state index in [0.29, 0.717) is 28.3 Å². The average Bonchev–Trinajstić information content (AvgIpc) is 3.31. The summed E-state index contributed by atoms with van der Waals surface area (Å²) in [5, 5.41) is 8.81. The topological polar surface area (TPSA) is 70.5 Å². The van der Waals surface area contributed by atoms with Gasteiger partial charge in [-0.3, -0.25) is 14.7 Å². The summed E-state index contributed by atoms with van der Waals surface area (Å²) in [5.41, 5.74) is 2.94. The number of hydrogen-bond donors (Lipinski definition) is 1. The van der Waals surface area contributed by atoms with Gasteiger partial charge in [-0.15, -0.1) is 0 Å². The second-order valence-electron chi connectivity index (χ2n) is 8.50. The molecule has 0 saturated heterocycles. The molecule has 0 radical (unpaired) electrons. The summed E-state index contributed by atoms with van der Waals surface area (Å²) in [5.74, 6) is -2.49. The van der Waals surface area contributed by atoms with E-state index >= 15 is 0 Å². The number of benzene rings is 3. The van der Waals surface area contributed by atoms with Crippen LogP contribution in [0.3, 0.4) is 0 Å². The molecule has 8 heteroatoms. The Morgan fingerprint density at radius 1 is 0.829 bits per heavy atom. The quantitative estimate of drug-likeness (QED) is 0.448. The Kier molecular flexibility index (Phi) is 5.64. The van der Waals surface area contributed by atoms with Crippen molar-refractivity contribution in [3.8, 4) is 5.69 Å². The first-order valence-corrected chi connectivity index (χ1v) is 11.1. The van der Waals surface area contributed by atoms with Crippen LogP contribution in [0.4, 0.5) is 14.5 Å².